The summed E-state index contributed by atoms with van der Waals surface area (Å²) in [5.74, 6) is 0.431. The molecule has 1 N–H and O–H groups in total. The molecule has 2 aromatic rings. The number of β-amino-alcohol motifs (C(OH)–C–C–N with tert-alkyl or cyclic N) is 1. The lowest BCUT2D eigenvalue weighted by Crippen LogP contribution is -2.30. The van der Waals surface area contributed by atoms with Crippen LogP contribution < -0.4 is 4.90 Å². The van der Waals surface area contributed by atoms with Gasteiger partial charge in [-0.25, -0.2) is 13.4 Å². The lowest BCUT2D eigenvalue weighted by molar-refractivity contribution is 0.202. The molecule has 23 heavy (non-hydrogen) atoms. The number of rotatable bonds is 3. The van der Waals surface area contributed by atoms with Gasteiger partial charge in [0.25, 0.3) is 0 Å². The zero-order chi connectivity index (χ0) is 16.6. The second-order valence-corrected chi connectivity index (χ2v) is 7.71. The minimum Gasteiger partial charge on any atom is -0.370 e. The van der Waals surface area contributed by atoms with E-state index in [1.54, 1.807) is 47.4 Å². The first-order chi connectivity index (χ1) is 10.9. The molecule has 0 amide bonds. The Balaban J connectivity index is 2.11. The molecule has 5 nitrogen and oxygen atoms in total. The second kappa shape index (κ2) is 5.96. The molecule has 2 aromatic carbocycles. The fourth-order valence-electron chi connectivity index (χ4n) is 2.54. The van der Waals surface area contributed by atoms with E-state index in [-0.39, 0.29) is 11.4 Å². The van der Waals surface area contributed by atoms with Gasteiger partial charge in [0.15, 0.2) is 16.1 Å². The monoisotopic (exact) mass is 350 g/mol. The normalized spacial score (nSPS) is 18.1. The van der Waals surface area contributed by atoms with Gasteiger partial charge in [0.05, 0.1) is 11.4 Å². The van der Waals surface area contributed by atoms with Gasteiger partial charge >= 0.3 is 0 Å². The number of sulfone groups is 1. The number of aliphatic hydroxyl groups excluding tert-OH is 1. The summed E-state index contributed by atoms with van der Waals surface area (Å²) in [5, 5.41) is 10.5. The molecule has 7 heteroatoms. The highest BCUT2D eigenvalue weighted by atomic mass is 35.5. The van der Waals surface area contributed by atoms with Crippen molar-refractivity contribution in [3.8, 4) is 0 Å². The maximum absolute atomic E-state index is 12.0. The highest BCUT2D eigenvalue weighted by Crippen LogP contribution is 2.27. The molecule has 1 atom stereocenters. The number of hydrogen-bond acceptors (Lipinski definition) is 5. The molecule has 0 saturated heterocycles. The summed E-state index contributed by atoms with van der Waals surface area (Å²) in [6.45, 7) is 0.259. The van der Waals surface area contributed by atoms with Gasteiger partial charge in [0, 0.05) is 22.5 Å². The highest BCUT2D eigenvalue weighted by molar-refractivity contribution is 7.90. The molecule has 0 radical (unpaired) electrons. The van der Waals surface area contributed by atoms with Crippen LogP contribution in [0.4, 0.5) is 5.69 Å². The number of aliphatic hydroxyl groups is 1. The molecule has 0 bridgehead atoms. The Hall–Kier alpha value is -1.89. The van der Waals surface area contributed by atoms with Crippen LogP contribution in [-0.4, -0.2) is 38.4 Å². The summed E-state index contributed by atoms with van der Waals surface area (Å²) < 4.78 is 24.1. The summed E-state index contributed by atoms with van der Waals surface area (Å²) in [7, 11) is -3.41. The summed E-state index contributed by atoms with van der Waals surface area (Å²) >= 11 is 5.91. The van der Waals surface area contributed by atoms with E-state index < -0.39 is 16.1 Å². The topological polar surface area (TPSA) is 70.0 Å². The van der Waals surface area contributed by atoms with Gasteiger partial charge in [-0.3, -0.25) is 0 Å². The van der Waals surface area contributed by atoms with Crippen molar-refractivity contribution in [3.63, 3.8) is 0 Å². The van der Waals surface area contributed by atoms with Gasteiger partial charge in [0.1, 0.15) is 5.84 Å². The fraction of sp³-hybridized carbons (Fsp3) is 0.188. The molecule has 0 fully saturated rings. The second-order valence-electron chi connectivity index (χ2n) is 5.29. The van der Waals surface area contributed by atoms with Crippen molar-refractivity contribution < 1.29 is 13.5 Å². The number of benzene rings is 2. The van der Waals surface area contributed by atoms with E-state index in [9.17, 15) is 13.5 Å². The van der Waals surface area contributed by atoms with E-state index in [0.29, 0.717) is 16.4 Å². The summed E-state index contributed by atoms with van der Waals surface area (Å²) in [6, 6.07) is 13.7. The van der Waals surface area contributed by atoms with Crippen molar-refractivity contribution >= 4 is 33.0 Å². The number of halogens is 1. The van der Waals surface area contributed by atoms with Gasteiger partial charge < -0.3 is 10.0 Å². The Kier molecular flexibility index (Phi) is 4.14. The molecular weight excluding hydrogens is 336 g/mol. The van der Waals surface area contributed by atoms with Crippen molar-refractivity contribution in [2.45, 2.75) is 11.1 Å². The largest absolute Gasteiger partial charge is 0.370 e. The first kappa shape index (κ1) is 16.0. The third-order valence-electron chi connectivity index (χ3n) is 3.54. The highest BCUT2D eigenvalue weighted by Gasteiger charge is 2.29. The lowest BCUT2D eigenvalue weighted by Gasteiger charge is -2.22. The molecule has 120 valence electrons. The van der Waals surface area contributed by atoms with Crippen LogP contribution in [0.15, 0.2) is 58.4 Å². The van der Waals surface area contributed by atoms with Crippen LogP contribution in [0.2, 0.25) is 5.02 Å². The van der Waals surface area contributed by atoms with Crippen LogP contribution in [0.3, 0.4) is 0 Å². The van der Waals surface area contributed by atoms with Crippen LogP contribution in [0.5, 0.6) is 0 Å². The number of hydrogen-bond donors (Lipinski definition) is 1. The Morgan fingerprint density at radius 2 is 1.83 bits per heavy atom. The van der Waals surface area contributed by atoms with E-state index in [2.05, 4.69) is 4.99 Å². The molecule has 3 rings (SSSR count). The maximum Gasteiger partial charge on any atom is 0.176 e. The van der Waals surface area contributed by atoms with Crippen LogP contribution in [0, 0.1) is 0 Å². The lowest BCUT2D eigenvalue weighted by atomic mass is 10.2. The Morgan fingerprint density at radius 3 is 2.48 bits per heavy atom. The average molecular weight is 351 g/mol. The number of aliphatic imine (C=N–C) groups is 1. The molecule has 0 saturated carbocycles. The van der Waals surface area contributed by atoms with Crippen molar-refractivity contribution in [2.75, 3.05) is 17.7 Å². The molecule has 1 aliphatic rings. The number of anilines is 1. The quantitative estimate of drug-likeness (QED) is 0.922. The third kappa shape index (κ3) is 3.24. The first-order valence-corrected chi connectivity index (χ1v) is 9.21. The van der Waals surface area contributed by atoms with Gasteiger partial charge in [-0.1, -0.05) is 23.7 Å². The number of amidine groups is 1. The van der Waals surface area contributed by atoms with Gasteiger partial charge in [-0.2, -0.15) is 0 Å². The van der Waals surface area contributed by atoms with Gasteiger partial charge in [-0.05, 0) is 36.4 Å². The van der Waals surface area contributed by atoms with Gasteiger partial charge in [0.2, 0.25) is 0 Å². The third-order valence-corrected chi connectivity index (χ3v) is 4.95. The van der Waals surface area contributed by atoms with E-state index in [0.717, 1.165) is 11.9 Å². The molecule has 1 heterocycles. The van der Waals surface area contributed by atoms with E-state index >= 15 is 0 Å². The predicted molar refractivity (Wildman–Crippen MR) is 90.9 cm³/mol. The van der Waals surface area contributed by atoms with Crippen LogP contribution in [-0.2, 0) is 9.84 Å². The van der Waals surface area contributed by atoms with E-state index in [1.165, 1.54) is 6.07 Å². The molecule has 1 unspecified atom stereocenters. The fourth-order valence-corrected chi connectivity index (χ4v) is 3.55. The average Bonchev–Trinajstić information content (AvgIpc) is 2.89. The molecule has 0 aliphatic carbocycles. The minimum absolute atomic E-state index is 0.187. The van der Waals surface area contributed by atoms with Crippen LogP contribution >= 0.6 is 11.6 Å². The zero-order valence-electron chi connectivity index (χ0n) is 12.3. The van der Waals surface area contributed by atoms with Crippen molar-refractivity contribution in [2.24, 2.45) is 4.99 Å². The summed E-state index contributed by atoms with van der Waals surface area (Å²) in [4.78, 5) is 6.18. The van der Waals surface area contributed by atoms with Gasteiger partial charge in [-0.15, -0.1) is 0 Å². The van der Waals surface area contributed by atoms with Crippen LogP contribution in [0.25, 0.3) is 0 Å². The van der Waals surface area contributed by atoms with Crippen LogP contribution in [0.1, 0.15) is 5.56 Å². The van der Waals surface area contributed by atoms with E-state index in [4.69, 9.17) is 11.6 Å². The summed E-state index contributed by atoms with van der Waals surface area (Å²) in [5.41, 5.74) is 1.26. The van der Waals surface area contributed by atoms with Crippen molar-refractivity contribution in [1.29, 1.82) is 0 Å². The summed E-state index contributed by atoms with van der Waals surface area (Å²) in [6.07, 6.45) is 0.248. The first-order valence-electron chi connectivity index (χ1n) is 6.95. The Labute approximate surface area is 139 Å². The SMILES string of the molecule is CS(=O)(=O)c1ccccc1C1=NC(O)CN1c1ccc(Cl)cc1. The van der Waals surface area contributed by atoms with Crippen molar-refractivity contribution in [3.05, 3.63) is 59.1 Å². The standard InChI is InChI=1S/C16H15ClN2O3S/c1-23(21,22)14-5-3-2-4-13(14)16-18-15(20)10-19(16)12-8-6-11(17)7-9-12/h2-9,15,20H,10H2,1H3. The number of nitrogens with zero attached hydrogens (tertiary/aromatic N) is 2. The van der Waals surface area contributed by atoms with E-state index in [1.807, 2.05) is 0 Å². The predicted octanol–water partition coefficient (Wildman–Crippen LogP) is 2.33. The minimum atomic E-state index is -3.41. The Morgan fingerprint density at radius 1 is 1.17 bits per heavy atom. The zero-order valence-corrected chi connectivity index (χ0v) is 13.9. The smallest absolute Gasteiger partial charge is 0.176 e. The molecular formula is C16H15ClN2O3S. The Bertz CT molecular complexity index is 863. The molecule has 1 aliphatic heterocycles. The van der Waals surface area contributed by atoms with Crippen molar-refractivity contribution in [1.82, 2.24) is 0 Å². The maximum atomic E-state index is 12.0. The molecule has 0 spiro atoms. The molecule has 0 aromatic heterocycles.